The Balaban J connectivity index is 1.77. The van der Waals surface area contributed by atoms with E-state index in [-0.39, 0.29) is 24.8 Å². The zero-order chi connectivity index (χ0) is 20.4. The first-order chi connectivity index (χ1) is 13.3. The van der Waals surface area contributed by atoms with E-state index in [1.807, 2.05) is 4.98 Å². The molecule has 1 aromatic heterocycles. The second kappa shape index (κ2) is 7.88. The van der Waals surface area contributed by atoms with Gasteiger partial charge in [-0.1, -0.05) is 0 Å². The third-order valence-corrected chi connectivity index (χ3v) is 4.28. The lowest BCUT2D eigenvalue weighted by atomic mass is 10.2. The van der Waals surface area contributed by atoms with Crippen molar-refractivity contribution in [3.63, 3.8) is 0 Å². The molecule has 0 spiro atoms. The number of amides is 2. The largest absolute Gasteiger partial charge is 0.394 e. The van der Waals surface area contributed by atoms with Crippen molar-refractivity contribution in [2.24, 2.45) is 0 Å². The van der Waals surface area contributed by atoms with Gasteiger partial charge < -0.3 is 19.8 Å². The third-order valence-electron chi connectivity index (χ3n) is 4.28. The van der Waals surface area contributed by atoms with Crippen LogP contribution in [-0.4, -0.2) is 61.4 Å². The van der Waals surface area contributed by atoms with E-state index < -0.39 is 54.1 Å². The normalized spacial score (nSPS) is 25.1. The number of H-pyrrole nitrogens is 1. The van der Waals surface area contributed by atoms with Gasteiger partial charge in [0.2, 0.25) is 0 Å². The number of rotatable bonds is 5. The fourth-order valence-electron chi connectivity index (χ4n) is 2.82. The highest BCUT2D eigenvalue weighted by molar-refractivity contribution is 6.02. The second-order valence-electron chi connectivity index (χ2n) is 6.19. The molecule has 2 aliphatic rings. The molecule has 2 aliphatic heterocycles. The lowest BCUT2D eigenvalue weighted by Gasteiger charge is -2.14. The highest BCUT2D eigenvalue weighted by Crippen LogP contribution is 2.27. The Morgan fingerprint density at radius 2 is 1.96 bits per heavy atom. The summed E-state index contributed by atoms with van der Waals surface area (Å²) in [7, 11) is 0. The van der Waals surface area contributed by atoms with Gasteiger partial charge in [-0.15, -0.1) is 5.06 Å². The monoisotopic (exact) mass is 395 g/mol. The Kier molecular flexibility index (Phi) is 5.53. The quantitative estimate of drug-likeness (QED) is 0.370. The molecule has 0 bridgehead atoms. The molecule has 2 amide bonds. The summed E-state index contributed by atoms with van der Waals surface area (Å²) in [4.78, 5) is 65.2. The highest BCUT2D eigenvalue weighted by atomic mass is 16.7. The number of aliphatic hydroxyl groups excluding tert-OH is 2. The Morgan fingerprint density at radius 1 is 1.29 bits per heavy atom. The molecule has 2 saturated heterocycles. The number of hydrogen-bond acceptors (Lipinski definition) is 9. The number of carbonyl (C=O) groups is 3. The zero-order valence-electron chi connectivity index (χ0n) is 14.4. The molecule has 12 nitrogen and oxygen atoms in total. The van der Waals surface area contributed by atoms with Crippen LogP contribution < -0.4 is 11.2 Å². The summed E-state index contributed by atoms with van der Waals surface area (Å²) in [6.07, 6.45) is 0.110. The van der Waals surface area contributed by atoms with Gasteiger partial charge in [-0.3, -0.25) is 23.9 Å². The molecule has 0 unspecified atom stereocenters. The summed E-state index contributed by atoms with van der Waals surface area (Å²) in [6, 6.07) is 0. The zero-order valence-corrected chi connectivity index (χ0v) is 14.4. The average Bonchev–Trinajstić information content (AvgIpc) is 3.17. The van der Waals surface area contributed by atoms with Crippen molar-refractivity contribution in [3.05, 3.63) is 38.7 Å². The fraction of sp³-hybridized carbons (Fsp3) is 0.438. The van der Waals surface area contributed by atoms with E-state index in [1.54, 1.807) is 0 Å². The summed E-state index contributed by atoms with van der Waals surface area (Å²) < 4.78 is 6.38. The van der Waals surface area contributed by atoms with Crippen LogP contribution >= 0.6 is 0 Å². The van der Waals surface area contributed by atoms with Gasteiger partial charge in [-0.25, -0.2) is 9.59 Å². The molecule has 12 heteroatoms. The molecule has 0 saturated carbocycles. The number of hydrogen-bond donors (Lipinski definition) is 3. The molecular formula is C16H17N3O9. The summed E-state index contributed by atoms with van der Waals surface area (Å²) in [5.41, 5.74) is -1.70. The van der Waals surface area contributed by atoms with Gasteiger partial charge in [0.1, 0.15) is 12.3 Å². The number of aromatic nitrogens is 2. The third kappa shape index (κ3) is 3.93. The number of aliphatic hydroxyl groups is 2. The molecular weight excluding hydrogens is 378 g/mol. The maximum absolute atomic E-state index is 12.0. The standard InChI is InChI=1S/C16H17N3O9/c20-7-10-9(21)5-13(27-10)18-6-8(15(25)17-16(18)26)1-4-14(24)28-19-11(22)2-3-12(19)23/h1,4,6,9-10,13,20-21H,2-3,5,7H2,(H,17,25,26)/b4-1+/t9-,10+,13-/m0/s1. The molecule has 2 fully saturated rings. The Hall–Kier alpha value is -3.09. The number of carbonyl (C=O) groups excluding carboxylic acids is 3. The smallest absolute Gasteiger partial charge is 0.356 e. The van der Waals surface area contributed by atoms with Gasteiger partial charge in [-0.2, -0.15) is 0 Å². The number of nitrogens with zero attached hydrogens (tertiary/aromatic N) is 2. The predicted molar refractivity (Wildman–Crippen MR) is 89.2 cm³/mol. The molecule has 3 heterocycles. The number of hydroxylamine groups is 2. The topological polar surface area (TPSA) is 168 Å². The van der Waals surface area contributed by atoms with Crippen molar-refractivity contribution in [2.45, 2.75) is 37.7 Å². The molecule has 150 valence electrons. The van der Waals surface area contributed by atoms with Gasteiger partial charge in [-0.05, 0) is 6.08 Å². The minimum atomic E-state index is -1.06. The predicted octanol–water partition coefficient (Wildman–Crippen LogP) is -2.20. The van der Waals surface area contributed by atoms with Gasteiger partial charge >= 0.3 is 11.7 Å². The number of aromatic amines is 1. The van der Waals surface area contributed by atoms with Gasteiger partial charge in [0.25, 0.3) is 17.4 Å². The summed E-state index contributed by atoms with van der Waals surface area (Å²) >= 11 is 0. The van der Waals surface area contributed by atoms with Crippen LogP contribution in [0.2, 0.25) is 0 Å². The van der Waals surface area contributed by atoms with E-state index in [9.17, 15) is 29.1 Å². The van der Waals surface area contributed by atoms with Crippen LogP contribution in [-0.2, 0) is 24.0 Å². The summed E-state index contributed by atoms with van der Waals surface area (Å²) in [5.74, 6) is -2.35. The molecule has 3 N–H and O–H groups in total. The fourth-order valence-corrected chi connectivity index (χ4v) is 2.82. The Morgan fingerprint density at radius 3 is 2.57 bits per heavy atom. The van der Waals surface area contributed by atoms with Crippen molar-refractivity contribution in [3.8, 4) is 0 Å². The lowest BCUT2D eigenvalue weighted by Crippen LogP contribution is -2.33. The van der Waals surface area contributed by atoms with Crippen LogP contribution in [0.3, 0.4) is 0 Å². The SMILES string of the molecule is O=C(/C=C/c1cn([C@@H]2C[C@H](O)[C@@H](CO)O2)c(=O)[nH]c1=O)ON1C(=O)CCC1=O. The number of ether oxygens (including phenoxy) is 1. The van der Waals surface area contributed by atoms with E-state index in [0.717, 1.165) is 22.9 Å². The summed E-state index contributed by atoms with van der Waals surface area (Å²) in [6.45, 7) is -0.442. The van der Waals surface area contributed by atoms with E-state index in [4.69, 9.17) is 9.84 Å². The molecule has 3 rings (SSSR count). The minimum absolute atomic E-state index is 0.0154. The highest BCUT2D eigenvalue weighted by Gasteiger charge is 2.35. The van der Waals surface area contributed by atoms with E-state index in [1.165, 1.54) is 0 Å². The first kappa shape index (κ1) is 19.7. The van der Waals surface area contributed by atoms with Crippen molar-refractivity contribution in [1.82, 2.24) is 14.6 Å². The number of nitrogens with one attached hydrogen (secondary N) is 1. The van der Waals surface area contributed by atoms with Crippen LogP contribution in [0, 0.1) is 0 Å². The maximum Gasteiger partial charge on any atom is 0.356 e. The Bertz CT molecular complexity index is 931. The van der Waals surface area contributed by atoms with Crippen molar-refractivity contribution >= 4 is 23.9 Å². The van der Waals surface area contributed by atoms with Crippen LogP contribution in [0.25, 0.3) is 6.08 Å². The van der Waals surface area contributed by atoms with Gasteiger partial charge in [0.05, 0.1) is 18.3 Å². The van der Waals surface area contributed by atoms with Crippen LogP contribution in [0.1, 0.15) is 31.1 Å². The molecule has 0 aromatic carbocycles. The number of imide groups is 1. The molecule has 28 heavy (non-hydrogen) atoms. The van der Waals surface area contributed by atoms with Crippen molar-refractivity contribution in [2.75, 3.05) is 6.61 Å². The summed E-state index contributed by atoms with van der Waals surface area (Å²) in [5, 5.41) is 19.3. The van der Waals surface area contributed by atoms with E-state index >= 15 is 0 Å². The first-order valence-corrected chi connectivity index (χ1v) is 8.35. The minimum Gasteiger partial charge on any atom is -0.394 e. The van der Waals surface area contributed by atoms with Crippen LogP contribution in [0.4, 0.5) is 0 Å². The Labute approximate surface area is 156 Å². The van der Waals surface area contributed by atoms with Crippen LogP contribution in [0.5, 0.6) is 0 Å². The van der Waals surface area contributed by atoms with E-state index in [0.29, 0.717) is 5.06 Å². The van der Waals surface area contributed by atoms with E-state index in [2.05, 4.69) is 4.84 Å². The molecule has 0 aliphatic carbocycles. The second-order valence-corrected chi connectivity index (χ2v) is 6.19. The first-order valence-electron chi connectivity index (χ1n) is 8.35. The maximum atomic E-state index is 12.0. The molecule has 3 atom stereocenters. The average molecular weight is 395 g/mol. The van der Waals surface area contributed by atoms with Crippen molar-refractivity contribution in [1.29, 1.82) is 0 Å². The van der Waals surface area contributed by atoms with Gasteiger partial charge in [0, 0.05) is 31.5 Å². The van der Waals surface area contributed by atoms with Crippen molar-refractivity contribution < 1.29 is 34.2 Å². The lowest BCUT2D eigenvalue weighted by molar-refractivity contribution is -0.193. The molecule has 1 aromatic rings. The molecule has 0 radical (unpaired) electrons. The van der Waals surface area contributed by atoms with Crippen LogP contribution in [0.15, 0.2) is 21.9 Å². The van der Waals surface area contributed by atoms with Gasteiger partial charge in [0.15, 0.2) is 0 Å².